The van der Waals surface area contributed by atoms with Gasteiger partial charge in [0.1, 0.15) is 0 Å². The lowest BCUT2D eigenvalue weighted by atomic mass is 10.1. The van der Waals surface area contributed by atoms with Gasteiger partial charge in [-0.2, -0.15) is 0 Å². The molecule has 0 aromatic heterocycles. The third-order valence-electron chi connectivity index (χ3n) is 4.10. The summed E-state index contributed by atoms with van der Waals surface area (Å²) >= 11 is 0. The van der Waals surface area contributed by atoms with Crippen LogP contribution in [0.2, 0.25) is 0 Å². The zero-order chi connectivity index (χ0) is 16.2. The lowest BCUT2D eigenvalue weighted by Gasteiger charge is -2.09. The first-order chi connectivity index (χ1) is 11.9. The third kappa shape index (κ3) is 3.08. The molecular weight excluding hydrogens is 290 g/mol. The molecule has 3 aromatic rings. The van der Waals surface area contributed by atoms with Crippen LogP contribution >= 0.6 is 0 Å². The largest absolute Gasteiger partial charge is 0.356 e. The fraction of sp³-hybridized carbons (Fsp3) is 0. The van der Waals surface area contributed by atoms with Gasteiger partial charge >= 0.3 is 0 Å². The lowest BCUT2D eigenvalue weighted by Crippen LogP contribution is -1.90. The van der Waals surface area contributed by atoms with Crippen molar-refractivity contribution in [1.82, 2.24) is 0 Å². The predicted molar refractivity (Wildman–Crippen MR) is 102 cm³/mol. The van der Waals surface area contributed by atoms with Gasteiger partial charge in [-0.05, 0) is 64.8 Å². The Morgan fingerprint density at radius 3 is 1.75 bits per heavy atom. The average molecular weight is 307 g/mol. The van der Waals surface area contributed by atoms with Crippen LogP contribution in [0.5, 0.6) is 0 Å². The standard InChI is InChI=1S/C23H17N/c1-2-6-18(7-3-1)20-10-14-22(15-11-20)24-23-16-12-21(13-17-23)19-8-4-5-9-19/h1-4,6-17,24H. The van der Waals surface area contributed by atoms with Gasteiger partial charge in [-0.1, -0.05) is 54.6 Å². The normalized spacial score (nSPS) is 12.2. The van der Waals surface area contributed by atoms with Crippen LogP contribution in [0.3, 0.4) is 0 Å². The zero-order valence-corrected chi connectivity index (χ0v) is 13.2. The molecular formula is C23H17N. The Morgan fingerprint density at radius 2 is 1.17 bits per heavy atom. The summed E-state index contributed by atoms with van der Waals surface area (Å²) in [6.45, 7) is 0. The highest BCUT2D eigenvalue weighted by Gasteiger charge is 2.01. The van der Waals surface area contributed by atoms with E-state index in [0.717, 1.165) is 11.4 Å². The van der Waals surface area contributed by atoms with Crippen LogP contribution < -0.4 is 5.32 Å². The minimum absolute atomic E-state index is 1.08. The smallest absolute Gasteiger partial charge is 0.0384 e. The Kier molecular flexibility index (Phi) is 3.85. The molecule has 0 amide bonds. The molecule has 0 radical (unpaired) electrons. The number of nitrogens with one attached hydrogen (secondary N) is 1. The minimum atomic E-state index is 1.08. The quantitative estimate of drug-likeness (QED) is 0.565. The second-order valence-corrected chi connectivity index (χ2v) is 5.75. The van der Waals surface area contributed by atoms with Crippen LogP contribution in [0, 0.1) is 0 Å². The molecule has 114 valence electrons. The summed E-state index contributed by atoms with van der Waals surface area (Å²) in [6, 6.07) is 27.4. The maximum Gasteiger partial charge on any atom is 0.0384 e. The first-order valence-electron chi connectivity index (χ1n) is 8.04. The van der Waals surface area contributed by atoms with Crippen LogP contribution in [-0.2, 0) is 0 Å². The Labute approximate surface area is 142 Å². The van der Waals surface area contributed by atoms with Gasteiger partial charge in [0.05, 0.1) is 0 Å². The Bertz CT molecular complexity index is 924. The summed E-state index contributed by atoms with van der Waals surface area (Å²) in [5, 5.41) is 3.45. The van der Waals surface area contributed by atoms with Gasteiger partial charge in [-0.3, -0.25) is 0 Å². The summed E-state index contributed by atoms with van der Waals surface area (Å²) in [7, 11) is 0. The van der Waals surface area contributed by atoms with Gasteiger partial charge in [-0.25, -0.2) is 0 Å². The third-order valence-corrected chi connectivity index (χ3v) is 4.10. The summed E-state index contributed by atoms with van der Waals surface area (Å²) in [4.78, 5) is 0. The summed E-state index contributed by atoms with van der Waals surface area (Å²) < 4.78 is 0. The molecule has 0 spiro atoms. The number of hydrogen-bond donors (Lipinski definition) is 1. The molecule has 24 heavy (non-hydrogen) atoms. The molecule has 0 bridgehead atoms. The summed E-state index contributed by atoms with van der Waals surface area (Å²) in [6.07, 6.45) is 6.02. The molecule has 4 rings (SSSR count). The fourth-order valence-electron chi connectivity index (χ4n) is 2.79. The molecule has 0 saturated carbocycles. The van der Waals surface area contributed by atoms with Crippen molar-refractivity contribution in [3.63, 3.8) is 0 Å². The maximum atomic E-state index is 3.45. The molecule has 0 atom stereocenters. The Hall–Kier alpha value is -3.28. The van der Waals surface area contributed by atoms with E-state index in [1.54, 1.807) is 0 Å². The Morgan fingerprint density at radius 1 is 0.583 bits per heavy atom. The number of rotatable bonds is 4. The highest BCUT2D eigenvalue weighted by molar-refractivity contribution is 5.78. The zero-order valence-electron chi connectivity index (χ0n) is 13.2. The highest BCUT2D eigenvalue weighted by atomic mass is 14.9. The summed E-state index contributed by atoms with van der Waals surface area (Å²) in [5.41, 5.74) is 10.1. The minimum Gasteiger partial charge on any atom is -0.356 e. The monoisotopic (exact) mass is 307 g/mol. The van der Waals surface area contributed by atoms with Crippen molar-refractivity contribution in [1.29, 1.82) is 0 Å². The molecule has 0 fully saturated rings. The molecule has 1 nitrogen and oxygen atoms in total. The van der Waals surface area contributed by atoms with Gasteiger partial charge in [0.2, 0.25) is 0 Å². The maximum absolute atomic E-state index is 3.45. The van der Waals surface area contributed by atoms with E-state index < -0.39 is 0 Å². The SMILES string of the molecule is C1=CC=C(c2ccc(Nc3ccc(-c4ccccc4)cc3)cc2)C=1. The molecule has 1 aliphatic rings. The molecule has 0 aliphatic heterocycles. The Balaban J connectivity index is 1.48. The van der Waals surface area contributed by atoms with E-state index in [4.69, 9.17) is 0 Å². The van der Waals surface area contributed by atoms with Crippen molar-refractivity contribution < 1.29 is 0 Å². The first kappa shape index (κ1) is 14.3. The van der Waals surface area contributed by atoms with Gasteiger partial charge in [0.25, 0.3) is 0 Å². The fourth-order valence-corrected chi connectivity index (χ4v) is 2.79. The van der Waals surface area contributed by atoms with Crippen molar-refractivity contribution in [2.75, 3.05) is 5.32 Å². The predicted octanol–water partition coefficient (Wildman–Crippen LogP) is 6.21. The molecule has 0 saturated heterocycles. The number of benzene rings is 3. The van der Waals surface area contributed by atoms with E-state index in [9.17, 15) is 0 Å². The number of allylic oxidation sites excluding steroid dienone is 3. The molecule has 3 aromatic carbocycles. The van der Waals surface area contributed by atoms with Crippen molar-refractivity contribution >= 4 is 16.9 Å². The van der Waals surface area contributed by atoms with Crippen LogP contribution in [-0.4, -0.2) is 0 Å². The van der Waals surface area contributed by atoms with Crippen molar-refractivity contribution in [3.8, 4) is 11.1 Å². The van der Waals surface area contributed by atoms with E-state index >= 15 is 0 Å². The molecule has 0 heterocycles. The van der Waals surface area contributed by atoms with E-state index in [1.165, 1.54) is 22.3 Å². The molecule has 1 N–H and O–H groups in total. The van der Waals surface area contributed by atoms with Gasteiger partial charge in [0, 0.05) is 11.4 Å². The van der Waals surface area contributed by atoms with E-state index in [2.05, 4.69) is 89.9 Å². The van der Waals surface area contributed by atoms with Crippen LogP contribution in [0.1, 0.15) is 5.56 Å². The van der Waals surface area contributed by atoms with Crippen LogP contribution in [0.4, 0.5) is 11.4 Å². The van der Waals surface area contributed by atoms with Gasteiger partial charge in [0.15, 0.2) is 0 Å². The van der Waals surface area contributed by atoms with Gasteiger partial charge < -0.3 is 5.32 Å². The summed E-state index contributed by atoms with van der Waals surface area (Å²) in [5.74, 6) is 0. The van der Waals surface area contributed by atoms with E-state index in [-0.39, 0.29) is 0 Å². The first-order valence-corrected chi connectivity index (χ1v) is 8.04. The van der Waals surface area contributed by atoms with Crippen LogP contribution in [0.15, 0.2) is 103 Å². The van der Waals surface area contributed by atoms with Crippen LogP contribution in [0.25, 0.3) is 16.7 Å². The van der Waals surface area contributed by atoms with Crippen molar-refractivity contribution in [2.24, 2.45) is 0 Å². The lowest BCUT2D eigenvalue weighted by molar-refractivity contribution is 1.53. The van der Waals surface area contributed by atoms with Crippen molar-refractivity contribution in [2.45, 2.75) is 0 Å². The molecule has 1 heteroatoms. The molecule has 0 unspecified atom stereocenters. The highest BCUT2D eigenvalue weighted by Crippen LogP contribution is 2.25. The topological polar surface area (TPSA) is 12.0 Å². The second kappa shape index (κ2) is 6.45. The number of hydrogen-bond acceptors (Lipinski definition) is 1. The number of anilines is 2. The van der Waals surface area contributed by atoms with Crippen molar-refractivity contribution in [3.05, 3.63) is 108 Å². The van der Waals surface area contributed by atoms with E-state index in [0.29, 0.717) is 0 Å². The van der Waals surface area contributed by atoms with Gasteiger partial charge in [-0.15, -0.1) is 5.73 Å². The second-order valence-electron chi connectivity index (χ2n) is 5.75. The average Bonchev–Trinajstić information content (AvgIpc) is 3.18. The molecule has 1 aliphatic carbocycles. The van der Waals surface area contributed by atoms with E-state index in [1.807, 2.05) is 18.2 Å².